The van der Waals surface area contributed by atoms with Crippen molar-refractivity contribution >= 4 is 15.9 Å². The second kappa shape index (κ2) is 12.9. The van der Waals surface area contributed by atoms with E-state index in [0.717, 1.165) is 5.33 Å². The minimum Gasteiger partial charge on any atom is -0.304 e. The number of hydrogen-bond acceptors (Lipinski definition) is 2. The first-order chi connectivity index (χ1) is 10.1. The van der Waals surface area contributed by atoms with Crippen LogP contribution in [-0.2, 0) is 0 Å². The molecule has 0 radical (unpaired) electrons. The van der Waals surface area contributed by atoms with E-state index in [2.05, 4.69) is 60.3 Å². The van der Waals surface area contributed by atoms with E-state index in [0.29, 0.717) is 5.41 Å². The molecule has 0 aromatic heterocycles. The molecular formula is C18H39BrN2. The summed E-state index contributed by atoms with van der Waals surface area (Å²) < 4.78 is 0. The van der Waals surface area contributed by atoms with E-state index < -0.39 is 0 Å². The predicted molar refractivity (Wildman–Crippen MR) is 101 cm³/mol. The Morgan fingerprint density at radius 2 is 1.24 bits per heavy atom. The molecule has 2 nitrogen and oxygen atoms in total. The lowest BCUT2D eigenvalue weighted by molar-refractivity contribution is 0.145. The monoisotopic (exact) mass is 362 g/mol. The summed E-state index contributed by atoms with van der Waals surface area (Å²) in [7, 11) is 0. The number of alkyl halides is 1. The molecule has 0 rings (SSSR count). The maximum atomic E-state index is 3.81. The third-order valence-electron chi connectivity index (χ3n) is 4.69. The van der Waals surface area contributed by atoms with E-state index in [1.807, 2.05) is 0 Å². The summed E-state index contributed by atoms with van der Waals surface area (Å²) in [5.41, 5.74) is 0.481. The highest BCUT2D eigenvalue weighted by Gasteiger charge is 2.29. The Bertz CT molecular complexity index is 223. The van der Waals surface area contributed by atoms with Crippen LogP contribution in [-0.4, -0.2) is 54.4 Å². The van der Waals surface area contributed by atoms with Gasteiger partial charge < -0.3 is 9.80 Å². The largest absolute Gasteiger partial charge is 0.304 e. The first-order valence-corrected chi connectivity index (χ1v) is 10.2. The third-order valence-corrected chi connectivity index (χ3v) is 5.88. The van der Waals surface area contributed by atoms with Crippen LogP contribution in [0, 0.1) is 5.41 Å². The molecule has 128 valence electrons. The summed E-state index contributed by atoms with van der Waals surface area (Å²) in [5.74, 6) is 0. The molecule has 0 bridgehead atoms. The van der Waals surface area contributed by atoms with Gasteiger partial charge in [-0.3, -0.25) is 0 Å². The van der Waals surface area contributed by atoms with E-state index in [1.54, 1.807) is 0 Å². The van der Waals surface area contributed by atoms with Gasteiger partial charge in [-0.25, -0.2) is 0 Å². The van der Waals surface area contributed by atoms with Gasteiger partial charge in [-0.05, 0) is 57.4 Å². The molecule has 0 aliphatic rings. The highest BCUT2D eigenvalue weighted by Crippen LogP contribution is 2.33. The van der Waals surface area contributed by atoms with Crippen molar-refractivity contribution in [3.63, 3.8) is 0 Å². The smallest absolute Gasteiger partial charge is 0.0100 e. The summed E-state index contributed by atoms with van der Waals surface area (Å²) >= 11 is 3.81. The molecule has 0 amide bonds. The molecule has 0 saturated heterocycles. The van der Waals surface area contributed by atoms with Crippen molar-refractivity contribution in [2.45, 2.75) is 66.7 Å². The third kappa shape index (κ3) is 8.56. The molecule has 21 heavy (non-hydrogen) atoms. The zero-order valence-electron chi connectivity index (χ0n) is 15.3. The van der Waals surface area contributed by atoms with E-state index >= 15 is 0 Å². The van der Waals surface area contributed by atoms with Gasteiger partial charge in [0, 0.05) is 11.9 Å². The van der Waals surface area contributed by atoms with Crippen molar-refractivity contribution in [1.82, 2.24) is 9.80 Å². The topological polar surface area (TPSA) is 6.48 Å². The van der Waals surface area contributed by atoms with Crippen molar-refractivity contribution < 1.29 is 0 Å². The molecule has 0 N–H and O–H groups in total. The van der Waals surface area contributed by atoms with E-state index in [-0.39, 0.29) is 0 Å². The zero-order chi connectivity index (χ0) is 16.1. The van der Waals surface area contributed by atoms with Crippen molar-refractivity contribution in [2.75, 3.05) is 44.6 Å². The van der Waals surface area contributed by atoms with Crippen molar-refractivity contribution in [3.05, 3.63) is 0 Å². The average Bonchev–Trinajstić information content (AvgIpc) is 2.50. The SMILES string of the molecule is CCCC(CBr)(CCC)CN(CC)CCCN(CC)CC. The van der Waals surface area contributed by atoms with Gasteiger partial charge in [-0.2, -0.15) is 0 Å². The highest BCUT2D eigenvalue weighted by atomic mass is 79.9. The lowest BCUT2D eigenvalue weighted by atomic mass is 9.80. The van der Waals surface area contributed by atoms with Gasteiger partial charge in [0.15, 0.2) is 0 Å². The summed E-state index contributed by atoms with van der Waals surface area (Å²) in [6.07, 6.45) is 6.58. The first kappa shape index (κ1) is 21.4. The number of hydrogen-bond donors (Lipinski definition) is 0. The molecule has 3 heteroatoms. The Kier molecular flexibility index (Phi) is 13.1. The Morgan fingerprint density at radius 3 is 1.62 bits per heavy atom. The van der Waals surface area contributed by atoms with Crippen LogP contribution < -0.4 is 0 Å². The molecule has 0 aromatic carbocycles. The highest BCUT2D eigenvalue weighted by molar-refractivity contribution is 9.09. The molecule has 0 spiro atoms. The van der Waals surface area contributed by atoms with Gasteiger partial charge in [0.2, 0.25) is 0 Å². The van der Waals surface area contributed by atoms with Gasteiger partial charge in [0.25, 0.3) is 0 Å². The molecule has 0 heterocycles. The van der Waals surface area contributed by atoms with Crippen LogP contribution in [0.4, 0.5) is 0 Å². The zero-order valence-corrected chi connectivity index (χ0v) is 16.8. The fraction of sp³-hybridized carbons (Fsp3) is 1.00. The predicted octanol–water partition coefficient (Wildman–Crippen LogP) is 5.02. The first-order valence-electron chi connectivity index (χ1n) is 9.11. The van der Waals surface area contributed by atoms with Crippen molar-refractivity contribution in [2.24, 2.45) is 5.41 Å². The van der Waals surface area contributed by atoms with Gasteiger partial charge in [0.1, 0.15) is 0 Å². The van der Waals surface area contributed by atoms with Crippen LogP contribution in [0.1, 0.15) is 66.7 Å². The van der Waals surface area contributed by atoms with Crippen LogP contribution in [0.15, 0.2) is 0 Å². The normalized spacial score (nSPS) is 12.6. The van der Waals surface area contributed by atoms with Gasteiger partial charge in [-0.15, -0.1) is 0 Å². The Hall–Kier alpha value is 0.400. The molecule has 0 aliphatic carbocycles. The lowest BCUT2D eigenvalue weighted by Crippen LogP contribution is -2.40. The maximum Gasteiger partial charge on any atom is 0.0100 e. The molecule has 0 fully saturated rings. The molecular weight excluding hydrogens is 324 g/mol. The minimum absolute atomic E-state index is 0.481. The lowest BCUT2D eigenvalue weighted by Gasteiger charge is -2.37. The van der Waals surface area contributed by atoms with E-state index in [9.17, 15) is 0 Å². The van der Waals surface area contributed by atoms with E-state index in [1.165, 1.54) is 71.4 Å². The number of rotatable bonds is 14. The summed E-state index contributed by atoms with van der Waals surface area (Å²) in [4.78, 5) is 5.21. The minimum atomic E-state index is 0.481. The molecule has 0 saturated carbocycles. The second-order valence-electron chi connectivity index (χ2n) is 6.38. The standard InChI is InChI=1S/C18H39BrN2/c1-6-12-18(16-19,13-7-2)17-21(10-5)15-11-14-20(8-3)9-4/h6-17H2,1-5H3. The summed E-state index contributed by atoms with van der Waals surface area (Å²) in [6.45, 7) is 18.8. The fourth-order valence-electron chi connectivity index (χ4n) is 3.40. The molecule has 0 aromatic rings. The average molecular weight is 363 g/mol. The van der Waals surface area contributed by atoms with Crippen LogP contribution >= 0.6 is 15.9 Å². The van der Waals surface area contributed by atoms with Gasteiger partial charge in [-0.1, -0.05) is 63.4 Å². The molecule has 0 atom stereocenters. The number of halogens is 1. The maximum absolute atomic E-state index is 3.81. The Balaban J connectivity index is 4.42. The second-order valence-corrected chi connectivity index (χ2v) is 6.94. The van der Waals surface area contributed by atoms with Crippen LogP contribution in [0.25, 0.3) is 0 Å². The van der Waals surface area contributed by atoms with Gasteiger partial charge in [0.05, 0.1) is 0 Å². The summed E-state index contributed by atoms with van der Waals surface area (Å²) in [6, 6.07) is 0. The quantitative estimate of drug-likeness (QED) is 0.400. The fourth-order valence-corrected chi connectivity index (χ4v) is 4.14. The van der Waals surface area contributed by atoms with E-state index in [4.69, 9.17) is 0 Å². The van der Waals surface area contributed by atoms with Crippen LogP contribution in [0.2, 0.25) is 0 Å². The van der Waals surface area contributed by atoms with Gasteiger partial charge >= 0.3 is 0 Å². The summed E-state index contributed by atoms with van der Waals surface area (Å²) in [5, 5.41) is 1.15. The van der Waals surface area contributed by atoms with Crippen molar-refractivity contribution in [3.8, 4) is 0 Å². The number of nitrogens with zero attached hydrogens (tertiary/aromatic N) is 2. The van der Waals surface area contributed by atoms with Crippen molar-refractivity contribution in [1.29, 1.82) is 0 Å². The van der Waals surface area contributed by atoms with Crippen LogP contribution in [0.3, 0.4) is 0 Å². The van der Waals surface area contributed by atoms with Crippen LogP contribution in [0.5, 0.6) is 0 Å². The Labute approximate surface area is 142 Å². The Morgan fingerprint density at radius 1 is 0.762 bits per heavy atom. The molecule has 0 unspecified atom stereocenters. The molecule has 0 aliphatic heterocycles.